The van der Waals surface area contributed by atoms with Crippen molar-refractivity contribution in [3.05, 3.63) is 321 Å². The van der Waals surface area contributed by atoms with E-state index < -0.39 is 200 Å². The van der Waals surface area contributed by atoms with Gasteiger partial charge in [-0.2, -0.15) is 0 Å². The minimum absolute atomic E-state index is 0.00373. The molecule has 11 aromatic rings. The van der Waals surface area contributed by atoms with E-state index in [0.29, 0.717) is 26.3 Å². The Balaban J connectivity index is 0.000000147. The predicted molar refractivity (Wildman–Crippen MR) is 504 cm³/mol. The number of esters is 2. The van der Waals surface area contributed by atoms with Crippen molar-refractivity contribution in [1.29, 1.82) is 0 Å². The highest BCUT2D eigenvalue weighted by molar-refractivity contribution is 7.75. The summed E-state index contributed by atoms with van der Waals surface area (Å²) < 4.78 is 235. The second kappa shape index (κ2) is 45.1. The van der Waals surface area contributed by atoms with Crippen molar-refractivity contribution in [2.24, 2.45) is 5.92 Å². The third-order valence-electron chi connectivity index (χ3n) is 22.5. The van der Waals surface area contributed by atoms with Crippen molar-refractivity contribution in [2.75, 3.05) is 26.3 Å². The fourth-order valence-corrected chi connectivity index (χ4v) is 32.2. The van der Waals surface area contributed by atoms with E-state index in [9.17, 15) is 148 Å². The number of allylic oxidation sites excluding steroid dienone is 1. The maximum Gasteiger partial charge on any atom is 0.519 e. The van der Waals surface area contributed by atoms with Gasteiger partial charge in [-0.15, -0.1) is 0 Å². The number of fused-ring (bicyclic) bond motifs is 1. The predicted octanol–water partition coefficient (Wildman–Crippen LogP) is 13.2. The number of ether oxygens (including phenoxy) is 4. The van der Waals surface area contributed by atoms with Crippen LogP contribution in [0.4, 0.5) is 13.6 Å². The number of aromatic nitrogens is 5. The van der Waals surface area contributed by atoms with E-state index in [1.54, 1.807) is 13.8 Å². The summed E-state index contributed by atoms with van der Waals surface area (Å²) >= 11 is 0. The minimum Gasteiger partial charge on any atom is -0.426 e. The molecule has 63 heteroatoms. The molecule has 149 heavy (non-hydrogen) atoms. The summed E-state index contributed by atoms with van der Waals surface area (Å²) in [5, 5.41) is 37.8. The number of rotatable bonds is 20. The Bertz CT molecular complexity index is 7230. The molecular weight excluding hydrogens is 2180 g/mol. The van der Waals surface area contributed by atoms with Crippen molar-refractivity contribution in [3.63, 3.8) is 0 Å². The summed E-state index contributed by atoms with van der Waals surface area (Å²) in [6.45, 7) is 6.51. The molecule has 798 valence electrons. The fraction of sp³-hybridized carbons (Fsp3) is 0.291. The number of aryl methyl sites for hydroxylation is 1. The van der Waals surface area contributed by atoms with Crippen LogP contribution in [0.15, 0.2) is 251 Å². The molecule has 1 amide bonds. The van der Waals surface area contributed by atoms with Crippen molar-refractivity contribution in [1.82, 2.24) is 29.8 Å². The van der Waals surface area contributed by atoms with Crippen molar-refractivity contribution in [2.45, 2.75) is 123 Å². The molecule has 6 saturated heterocycles. The second-order valence-electron chi connectivity index (χ2n) is 33.8. The van der Waals surface area contributed by atoms with E-state index in [-0.39, 0.29) is 95.9 Å². The number of pyridine rings is 5. The van der Waals surface area contributed by atoms with Crippen LogP contribution >= 0.6 is 76.0 Å². The zero-order chi connectivity index (χ0) is 108. The molecule has 10 atom stereocenters. The normalized spacial score (nSPS) is 32.6. The quantitative estimate of drug-likeness (QED) is 0.0146. The standard InChI is InChI=1S/C19H22N2O10P2.C19H21NO9P2.C18H19NO9P2.C15H15F2NO7P2.C15H13NO10P2/c22-18(21-8-10-28-11-9-21)29-16-5-3-15(4-6-16)17-30-32(24,25)19(23,33(26,27)31-17)12-14-2-1-7-20-13-14;1-13(2)10-17(21)27-16-7-5-15(6-8-16)18-28-30(23,24)19(22,31(25,26)29-18)11-14-4-3-9-20-12-14;20-16(13-3-4-13)26-15-7-5-14(6-8-15)17-27-29(22,23)18(21,30(24,25)28-17)10-12-2-1-9-19-11-12;1-9-5-11(16)13(12(17)6-9)14-24-26(20,21)15(19,27(22,23)25-14)7-10-3-2-4-18-8-10;17-14-23-11-4-3-10(6-12(11)24-14)13-25-27(19,20)15(18,28(21,22)26-13)7-9-2-1-5-16-8-9/h1-7,13,17,23H,8-12H2,(H,24,25)(H,26,27);3-10,12,18,22H,11H2,1-2H3,(H,23,24)(H,25,26);1-2,5-9,11,13,17,21H,3-4,10H2,(H,22,23)(H,24,25);2-6,8,14,19H,7H2,1H3,(H,20,21)(H,22,23);1-6,8,13,18H,7H2,(H,19,20)(H,21,22). The van der Waals surface area contributed by atoms with E-state index in [1.165, 1.54) is 232 Å². The van der Waals surface area contributed by atoms with Gasteiger partial charge in [0.05, 0.1) is 24.7 Å². The summed E-state index contributed by atoms with van der Waals surface area (Å²) in [5.41, 5.74) is 1.51. The molecule has 0 spiro atoms. The number of halogens is 2. The van der Waals surface area contributed by atoms with Crippen LogP contribution in [0.5, 0.6) is 17.2 Å². The van der Waals surface area contributed by atoms with Gasteiger partial charge in [0.2, 0.25) is 31.5 Å². The number of carbonyl (C=O) groups excluding carboxylic acids is 3. The summed E-state index contributed by atoms with van der Waals surface area (Å²) in [7, 11) is -51.2. The van der Waals surface area contributed by atoms with E-state index in [1.807, 2.05) is 0 Å². The van der Waals surface area contributed by atoms with Crippen LogP contribution in [0, 0.1) is 24.5 Å². The lowest BCUT2D eigenvalue weighted by Gasteiger charge is -2.41. The van der Waals surface area contributed by atoms with E-state index >= 15 is 0 Å². The molecule has 1 saturated carbocycles. The SMILES string of the molecule is CC(C)=CC(=O)Oc1ccc(C2OP(=O)(O)C(O)(Cc3cccnc3)P(=O)(O)O2)cc1.Cc1cc(F)c(C2OP(=O)(O)C(O)(Cc3cccnc3)P(=O)(O)O2)c(F)c1.O=C(Oc1ccc(C2OP(=O)(O)C(O)(Cc3cccnc3)P(=O)(O)O2)cc1)C1CC1.O=C(Oc1ccc(C2OP(=O)(O)C(O)(Cc3cccnc3)P(=O)(O)O2)cc1)N1CCOCC1.O=c1oc2ccc(C3OP(=O)(O)C(O)(Cc4cccnc4)P(=O)(O)O3)cc2o1. The first-order valence-corrected chi connectivity index (χ1v) is 59.1. The van der Waals surface area contributed by atoms with Gasteiger partial charge in [0.25, 0.3) is 25.4 Å². The highest BCUT2D eigenvalue weighted by Crippen LogP contribution is 2.84. The molecule has 5 aromatic carbocycles. The lowest BCUT2D eigenvalue weighted by Crippen LogP contribution is -2.42. The van der Waals surface area contributed by atoms with Gasteiger partial charge in [-0.3, -0.25) is 121 Å². The average molecular weight is 2280 g/mol. The maximum atomic E-state index is 14.1. The van der Waals surface area contributed by atoms with Gasteiger partial charge < -0.3 is 107 Å². The van der Waals surface area contributed by atoms with Gasteiger partial charge in [-0.1, -0.05) is 72.3 Å². The second-order valence-corrected chi connectivity index (χ2v) is 55.5. The number of carbonyl (C=O) groups is 3. The monoisotopic (exact) mass is 2270 g/mol. The molecule has 6 aliphatic heterocycles. The van der Waals surface area contributed by atoms with Crippen molar-refractivity contribution in [3.8, 4) is 17.2 Å². The van der Waals surface area contributed by atoms with Crippen LogP contribution in [-0.2, 0) is 137 Å². The molecule has 7 aliphatic rings. The van der Waals surface area contributed by atoms with Gasteiger partial charge in [-0.05, 0) is 164 Å². The Morgan fingerprint density at radius 2 is 0.658 bits per heavy atom. The molecular formula is C86H90F2N6O45P10. The van der Waals surface area contributed by atoms with Gasteiger partial charge in [-0.25, -0.2) is 23.2 Å². The summed E-state index contributed by atoms with van der Waals surface area (Å²) in [5.74, 6) is -3.78. The average Bonchev–Trinajstić information content (AvgIpc) is 1.50. The lowest BCUT2D eigenvalue weighted by atomic mass is 10.1. The minimum atomic E-state index is -5.31. The van der Waals surface area contributed by atoms with E-state index in [0.717, 1.165) is 30.5 Å². The largest absolute Gasteiger partial charge is 0.519 e. The summed E-state index contributed by atoms with van der Waals surface area (Å²) in [6, 6.07) is 36.6. The molecule has 0 radical (unpaired) electrons. The number of hydrogen-bond donors (Lipinski definition) is 15. The van der Waals surface area contributed by atoms with Gasteiger partial charge in [0.1, 0.15) is 28.9 Å². The molecule has 51 nitrogen and oxygen atoms in total. The van der Waals surface area contributed by atoms with Crippen LogP contribution < -0.4 is 20.0 Å². The lowest BCUT2D eigenvalue weighted by molar-refractivity contribution is -0.135. The number of nitrogens with zero attached hydrogens (tertiary/aromatic N) is 6. The number of aliphatic hydroxyl groups is 5. The molecule has 15 N–H and O–H groups in total. The van der Waals surface area contributed by atoms with Crippen molar-refractivity contribution < 1.29 is 216 Å². The van der Waals surface area contributed by atoms with Crippen LogP contribution in [-0.4, -0.2) is 174 Å². The Labute approximate surface area is 839 Å². The Hall–Kier alpha value is -9.81. The molecule has 7 fully saturated rings. The third kappa shape index (κ3) is 25.5. The van der Waals surface area contributed by atoms with Crippen LogP contribution in [0.3, 0.4) is 0 Å². The number of amides is 1. The van der Waals surface area contributed by atoms with Gasteiger partial charge in [0, 0.05) is 135 Å². The number of morpholine rings is 1. The highest BCUT2D eigenvalue weighted by Gasteiger charge is 2.72. The van der Waals surface area contributed by atoms with E-state index in [2.05, 4.69) is 24.9 Å². The molecule has 0 bridgehead atoms. The Morgan fingerprint density at radius 3 is 0.946 bits per heavy atom. The summed E-state index contributed by atoms with van der Waals surface area (Å²) in [6.07, 6.45) is 3.03. The molecule has 1 aliphatic carbocycles. The first-order valence-electron chi connectivity index (χ1n) is 43.4. The first kappa shape index (κ1) is 115. The summed E-state index contributed by atoms with van der Waals surface area (Å²) in [4.78, 5) is 170. The molecule has 10 unspecified atom stereocenters. The van der Waals surface area contributed by atoms with Crippen LogP contribution in [0.25, 0.3) is 11.2 Å². The van der Waals surface area contributed by atoms with Gasteiger partial charge in [0.15, 0.2) is 11.2 Å². The van der Waals surface area contributed by atoms with E-state index in [4.69, 9.17) is 73.0 Å². The van der Waals surface area contributed by atoms with Crippen LogP contribution in [0.1, 0.15) is 119 Å². The smallest absolute Gasteiger partial charge is 0.426 e. The van der Waals surface area contributed by atoms with Gasteiger partial charge >= 0.3 is 99.8 Å². The fourth-order valence-electron chi connectivity index (χ4n) is 14.4. The Morgan fingerprint density at radius 1 is 0.383 bits per heavy atom. The Kier molecular flexibility index (Phi) is 34.7. The number of benzene rings is 5. The number of hydrogen-bond acceptors (Lipinski definition) is 40. The molecule has 6 aromatic heterocycles. The topological polar surface area (TPSA) is 766 Å². The first-order chi connectivity index (χ1) is 69.7. The zero-order valence-electron chi connectivity index (χ0n) is 77.0. The molecule has 18 rings (SSSR count). The molecule has 12 heterocycles. The zero-order valence-corrected chi connectivity index (χ0v) is 86.0. The highest BCUT2D eigenvalue weighted by atomic mass is 31.3. The van der Waals surface area contributed by atoms with Crippen molar-refractivity contribution >= 4 is 105 Å². The maximum absolute atomic E-state index is 14.1. The van der Waals surface area contributed by atoms with Crippen LogP contribution in [0.2, 0.25) is 0 Å². The third-order valence-corrected chi connectivity index (χ3v) is 45.5.